The summed E-state index contributed by atoms with van der Waals surface area (Å²) in [6.45, 7) is 6.95. The van der Waals surface area contributed by atoms with Crippen molar-refractivity contribution < 1.29 is 4.79 Å². The number of hydrogen-bond acceptors (Lipinski definition) is 2. The van der Waals surface area contributed by atoms with Crippen LogP contribution in [0.5, 0.6) is 0 Å². The highest BCUT2D eigenvalue weighted by atomic mass is 35.5. The normalized spacial score (nSPS) is 18.5. The molecule has 1 aromatic rings. The Morgan fingerprint density at radius 1 is 1.33 bits per heavy atom. The van der Waals surface area contributed by atoms with Gasteiger partial charge in [0.2, 0.25) is 5.91 Å². The number of hydrogen-bond donors (Lipinski definition) is 0. The fourth-order valence-electron chi connectivity index (χ4n) is 2.70. The van der Waals surface area contributed by atoms with Gasteiger partial charge in [0.1, 0.15) is 0 Å². The summed E-state index contributed by atoms with van der Waals surface area (Å²) in [5.41, 5.74) is 1.11. The Bertz CT molecular complexity index is 466. The molecule has 0 radical (unpaired) electrons. The van der Waals surface area contributed by atoms with E-state index < -0.39 is 0 Å². The predicted molar refractivity (Wildman–Crippen MR) is 87.5 cm³/mol. The molecule has 0 spiro atoms. The standard InChI is InChI=1S/C17H25ClN2O/c1-13-8-10-20(11-9-13)12-17(21)19(3)14(2)15-4-6-16(18)7-5-15/h4-7,13-14H,8-12H2,1-3H3. The molecule has 1 aromatic carbocycles. The van der Waals surface area contributed by atoms with Crippen molar-refractivity contribution in [1.82, 2.24) is 9.80 Å². The van der Waals surface area contributed by atoms with Crippen LogP contribution in [-0.2, 0) is 4.79 Å². The molecule has 1 saturated heterocycles. The van der Waals surface area contributed by atoms with Crippen molar-refractivity contribution in [1.29, 1.82) is 0 Å². The van der Waals surface area contributed by atoms with Crippen LogP contribution in [0.15, 0.2) is 24.3 Å². The second kappa shape index (κ2) is 7.28. The molecule has 21 heavy (non-hydrogen) atoms. The van der Waals surface area contributed by atoms with Crippen LogP contribution in [0.4, 0.5) is 0 Å². The average molecular weight is 309 g/mol. The summed E-state index contributed by atoms with van der Waals surface area (Å²) in [5, 5.41) is 0.724. The first-order valence-corrected chi connectivity index (χ1v) is 8.08. The van der Waals surface area contributed by atoms with Gasteiger partial charge in [-0.3, -0.25) is 9.69 Å². The Balaban J connectivity index is 1.90. The molecule has 1 heterocycles. The summed E-state index contributed by atoms with van der Waals surface area (Å²) < 4.78 is 0. The van der Waals surface area contributed by atoms with E-state index >= 15 is 0 Å². The monoisotopic (exact) mass is 308 g/mol. The molecule has 0 bridgehead atoms. The van der Waals surface area contributed by atoms with Gasteiger partial charge in [0.25, 0.3) is 0 Å². The van der Waals surface area contributed by atoms with Crippen molar-refractivity contribution in [3.8, 4) is 0 Å². The molecule has 1 aliphatic rings. The molecule has 3 nitrogen and oxygen atoms in total. The van der Waals surface area contributed by atoms with Gasteiger partial charge in [0.15, 0.2) is 0 Å². The second-order valence-corrected chi connectivity index (χ2v) is 6.63. The molecule has 2 rings (SSSR count). The number of rotatable bonds is 4. The first-order valence-electron chi connectivity index (χ1n) is 7.71. The molecule has 1 aliphatic heterocycles. The number of amides is 1. The van der Waals surface area contributed by atoms with Crippen molar-refractivity contribution in [2.24, 2.45) is 5.92 Å². The van der Waals surface area contributed by atoms with Gasteiger partial charge < -0.3 is 4.90 Å². The van der Waals surface area contributed by atoms with Crippen molar-refractivity contribution in [3.63, 3.8) is 0 Å². The lowest BCUT2D eigenvalue weighted by Gasteiger charge is -2.32. The minimum atomic E-state index is 0.0680. The fraction of sp³-hybridized carbons (Fsp3) is 0.588. The molecule has 0 aliphatic carbocycles. The molecule has 1 unspecified atom stereocenters. The van der Waals surface area contributed by atoms with Gasteiger partial charge in [0, 0.05) is 12.1 Å². The zero-order chi connectivity index (χ0) is 15.4. The largest absolute Gasteiger partial charge is 0.338 e. The van der Waals surface area contributed by atoms with Crippen molar-refractivity contribution in [2.45, 2.75) is 32.7 Å². The lowest BCUT2D eigenvalue weighted by atomic mass is 9.99. The van der Waals surface area contributed by atoms with Crippen LogP contribution in [0, 0.1) is 5.92 Å². The molecule has 0 aromatic heterocycles. The first kappa shape index (κ1) is 16.3. The Kier molecular flexibility index (Phi) is 5.65. The van der Waals surface area contributed by atoms with Crippen molar-refractivity contribution in [3.05, 3.63) is 34.9 Å². The van der Waals surface area contributed by atoms with Gasteiger partial charge in [-0.1, -0.05) is 30.7 Å². The summed E-state index contributed by atoms with van der Waals surface area (Å²) in [7, 11) is 1.88. The zero-order valence-electron chi connectivity index (χ0n) is 13.2. The Morgan fingerprint density at radius 3 is 2.48 bits per heavy atom. The van der Waals surface area contributed by atoms with E-state index in [2.05, 4.69) is 18.7 Å². The van der Waals surface area contributed by atoms with Crippen LogP contribution in [0.3, 0.4) is 0 Å². The number of likely N-dealkylation sites (N-methyl/N-ethyl adjacent to an activating group) is 1. The summed E-state index contributed by atoms with van der Waals surface area (Å²) in [4.78, 5) is 16.5. The molecular weight excluding hydrogens is 284 g/mol. The maximum Gasteiger partial charge on any atom is 0.236 e. The van der Waals surface area contributed by atoms with E-state index in [1.54, 1.807) is 0 Å². The molecule has 0 N–H and O–H groups in total. The Labute approximate surface area is 132 Å². The third-order valence-corrected chi connectivity index (χ3v) is 4.81. The summed E-state index contributed by atoms with van der Waals surface area (Å²) in [6, 6.07) is 7.78. The van der Waals surface area contributed by atoms with E-state index in [-0.39, 0.29) is 11.9 Å². The molecule has 0 saturated carbocycles. The van der Waals surface area contributed by atoms with Crippen LogP contribution in [0.1, 0.15) is 38.3 Å². The van der Waals surface area contributed by atoms with Crippen molar-refractivity contribution in [2.75, 3.05) is 26.7 Å². The number of carbonyl (C=O) groups is 1. The summed E-state index contributed by atoms with van der Waals surface area (Å²) in [6.07, 6.45) is 2.40. The zero-order valence-corrected chi connectivity index (χ0v) is 13.9. The Hall–Kier alpha value is -1.06. The number of carbonyl (C=O) groups excluding carboxylic acids is 1. The van der Waals surface area contributed by atoms with Gasteiger partial charge in [0.05, 0.1) is 12.6 Å². The van der Waals surface area contributed by atoms with Crippen LogP contribution in [0.2, 0.25) is 5.02 Å². The SMILES string of the molecule is CC1CCN(CC(=O)N(C)C(C)c2ccc(Cl)cc2)CC1. The molecule has 1 fully saturated rings. The molecule has 1 amide bonds. The van der Waals surface area contributed by atoms with E-state index in [4.69, 9.17) is 11.6 Å². The van der Waals surface area contributed by atoms with Crippen LogP contribution < -0.4 is 0 Å². The third-order valence-electron chi connectivity index (χ3n) is 4.56. The molecule has 116 valence electrons. The van der Waals surface area contributed by atoms with Crippen LogP contribution in [-0.4, -0.2) is 42.4 Å². The quantitative estimate of drug-likeness (QED) is 0.848. The first-order chi connectivity index (χ1) is 9.97. The van der Waals surface area contributed by atoms with Crippen molar-refractivity contribution >= 4 is 17.5 Å². The minimum absolute atomic E-state index is 0.0680. The highest BCUT2D eigenvalue weighted by molar-refractivity contribution is 6.30. The fourth-order valence-corrected chi connectivity index (χ4v) is 2.83. The Morgan fingerprint density at radius 2 is 1.90 bits per heavy atom. The van der Waals surface area contributed by atoms with E-state index in [9.17, 15) is 4.79 Å². The molecular formula is C17H25ClN2O. The van der Waals surface area contributed by atoms with Gasteiger partial charge in [-0.15, -0.1) is 0 Å². The summed E-state index contributed by atoms with van der Waals surface area (Å²) in [5.74, 6) is 0.981. The molecule has 1 atom stereocenters. The average Bonchev–Trinajstić information content (AvgIpc) is 2.49. The number of benzene rings is 1. The third kappa shape index (κ3) is 4.45. The van der Waals surface area contributed by atoms with Gasteiger partial charge in [-0.2, -0.15) is 0 Å². The second-order valence-electron chi connectivity index (χ2n) is 6.19. The van der Waals surface area contributed by atoms with E-state index in [0.29, 0.717) is 6.54 Å². The lowest BCUT2D eigenvalue weighted by Crippen LogP contribution is -2.42. The molecule has 4 heteroatoms. The maximum atomic E-state index is 12.4. The van der Waals surface area contributed by atoms with E-state index in [1.165, 1.54) is 12.8 Å². The number of nitrogens with zero attached hydrogens (tertiary/aromatic N) is 2. The maximum absolute atomic E-state index is 12.4. The van der Waals surface area contributed by atoms with E-state index in [0.717, 1.165) is 29.6 Å². The van der Waals surface area contributed by atoms with E-state index in [1.807, 2.05) is 36.2 Å². The topological polar surface area (TPSA) is 23.6 Å². The number of piperidine rings is 1. The minimum Gasteiger partial charge on any atom is -0.338 e. The smallest absolute Gasteiger partial charge is 0.236 e. The van der Waals surface area contributed by atoms with Gasteiger partial charge in [-0.05, 0) is 56.5 Å². The number of likely N-dealkylation sites (tertiary alicyclic amines) is 1. The highest BCUT2D eigenvalue weighted by Crippen LogP contribution is 2.22. The van der Waals surface area contributed by atoms with Gasteiger partial charge >= 0.3 is 0 Å². The highest BCUT2D eigenvalue weighted by Gasteiger charge is 2.22. The number of halogens is 1. The van der Waals surface area contributed by atoms with Gasteiger partial charge in [-0.25, -0.2) is 0 Å². The summed E-state index contributed by atoms with van der Waals surface area (Å²) >= 11 is 5.91. The van der Waals surface area contributed by atoms with Crippen LogP contribution in [0.25, 0.3) is 0 Å². The van der Waals surface area contributed by atoms with Crippen LogP contribution >= 0.6 is 11.6 Å². The lowest BCUT2D eigenvalue weighted by molar-refractivity contribution is -0.133. The predicted octanol–water partition coefficient (Wildman–Crippen LogP) is 3.59.